The predicted octanol–water partition coefficient (Wildman–Crippen LogP) is 3.84. The fourth-order valence-corrected chi connectivity index (χ4v) is 3.13. The highest BCUT2D eigenvalue weighted by Gasteiger charge is 2.19. The first-order valence-electron chi connectivity index (χ1n) is 7.62. The van der Waals surface area contributed by atoms with E-state index in [1.165, 1.54) is 38.2 Å². The molecule has 1 aliphatic rings. The summed E-state index contributed by atoms with van der Waals surface area (Å²) in [5.41, 5.74) is 0. The number of hydrogen-bond acceptors (Lipinski definition) is 3. The van der Waals surface area contributed by atoms with Crippen LogP contribution < -0.4 is 5.32 Å². The first-order chi connectivity index (χ1) is 9.56. The van der Waals surface area contributed by atoms with E-state index in [0.29, 0.717) is 5.76 Å². The number of carboxylic acids is 1. The summed E-state index contributed by atoms with van der Waals surface area (Å²) in [4.78, 5) is 10.8. The Morgan fingerprint density at radius 2 is 2.30 bits per heavy atom. The average Bonchev–Trinajstić information content (AvgIpc) is 2.88. The van der Waals surface area contributed by atoms with Crippen LogP contribution >= 0.6 is 0 Å². The van der Waals surface area contributed by atoms with Crippen LogP contribution in [0.1, 0.15) is 68.3 Å². The molecule has 0 bridgehead atoms. The van der Waals surface area contributed by atoms with Crippen LogP contribution in [-0.4, -0.2) is 17.6 Å². The lowest BCUT2D eigenvalue weighted by atomic mass is 9.81. The van der Waals surface area contributed by atoms with Crippen LogP contribution in [0.3, 0.4) is 0 Å². The number of hydrogen-bond donors (Lipinski definition) is 2. The van der Waals surface area contributed by atoms with Crippen LogP contribution in [0.25, 0.3) is 0 Å². The average molecular weight is 279 g/mol. The lowest BCUT2D eigenvalue weighted by Crippen LogP contribution is -2.23. The predicted molar refractivity (Wildman–Crippen MR) is 77.8 cm³/mol. The number of aromatic carboxylic acids is 1. The molecule has 1 aromatic heterocycles. The van der Waals surface area contributed by atoms with E-state index in [2.05, 4.69) is 12.2 Å². The molecule has 20 heavy (non-hydrogen) atoms. The van der Waals surface area contributed by atoms with Gasteiger partial charge in [0.2, 0.25) is 5.76 Å². The van der Waals surface area contributed by atoms with Crippen molar-refractivity contribution in [2.45, 2.75) is 52.0 Å². The Morgan fingerprint density at radius 3 is 2.95 bits per heavy atom. The lowest BCUT2D eigenvalue weighted by molar-refractivity contribution is 0.0659. The second-order valence-electron chi connectivity index (χ2n) is 6.11. The maximum absolute atomic E-state index is 10.8. The van der Waals surface area contributed by atoms with Gasteiger partial charge in [0.15, 0.2) is 0 Å². The van der Waals surface area contributed by atoms with Crippen molar-refractivity contribution < 1.29 is 14.3 Å². The third-order valence-electron chi connectivity index (χ3n) is 4.31. The Morgan fingerprint density at radius 1 is 1.50 bits per heavy atom. The molecule has 0 aliphatic heterocycles. The molecule has 0 saturated heterocycles. The van der Waals surface area contributed by atoms with Gasteiger partial charge in [-0.1, -0.05) is 26.2 Å². The molecule has 2 rings (SSSR count). The normalized spacial score (nSPS) is 24.5. The zero-order valence-electron chi connectivity index (χ0n) is 12.4. The van der Waals surface area contributed by atoms with Gasteiger partial charge in [0.1, 0.15) is 5.76 Å². The van der Waals surface area contributed by atoms with Crippen molar-refractivity contribution in [3.05, 3.63) is 23.7 Å². The summed E-state index contributed by atoms with van der Waals surface area (Å²) in [7, 11) is 0. The first-order valence-corrected chi connectivity index (χ1v) is 7.62. The van der Waals surface area contributed by atoms with Crippen LogP contribution in [-0.2, 0) is 0 Å². The highest BCUT2D eigenvalue weighted by molar-refractivity contribution is 5.84. The fraction of sp³-hybridized carbons (Fsp3) is 0.688. The third-order valence-corrected chi connectivity index (χ3v) is 4.31. The molecule has 1 aliphatic carbocycles. The highest BCUT2D eigenvalue weighted by atomic mass is 16.4. The quantitative estimate of drug-likeness (QED) is 0.830. The van der Waals surface area contributed by atoms with Gasteiger partial charge in [-0.3, -0.25) is 0 Å². The smallest absolute Gasteiger partial charge is 0.371 e. The minimum absolute atomic E-state index is 0.00903. The zero-order valence-corrected chi connectivity index (χ0v) is 12.4. The topological polar surface area (TPSA) is 62.5 Å². The molecule has 1 aromatic rings. The Bertz CT molecular complexity index is 441. The maximum atomic E-state index is 10.8. The van der Waals surface area contributed by atoms with Crippen molar-refractivity contribution in [2.75, 3.05) is 6.54 Å². The molecule has 4 nitrogen and oxygen atoms in total. The zero-order chi connectivity index (χ0) is 14.5. The molecule has 4 heteroatoms. The van der Waals surface area contributed by atoms with Crippen molar-refractivity contribution in [3.8, 4) is 0 Å². The van der Waals surface area contributed by atoms with E-state index in [1.54, 1.807) is 6.07 Å². The SMILES string of the molecule is CC1CCCC(CCNC(C)c2ccc(C(=O)O)o2)C1. The van der Waals surface area contributed by atoms with Crippen molar-refractivity contribution >= 4 is 5.97 Å². The maximum Gasteiger partial charge on any atom is 0.371 e. The van der Waals surface area contributed by atoms with Gasteiger partial charge in [-0.15, -0.1) is 0 Å². The minimum Gasteiger partial charge on any atom is -0.475 e. The largest absolute Gasteiger partial charge is 0.475 e. The van der Waals surface area contributed by atoms with E-state index in [-0.39, 0.29) is 11.8 Å². The number of carboxylic acid groups (broad SMARTS) is 1. The van der Waals surface area contributed by atoms with E-state index >= 15 is 0 Å². The van der Waals surface area contributed by atoms with E-state index in [4.69, 9.17) is 9.52 Å². The molecule has 3 unspecified atom stereocenters. The Kier molecular flexibility index (Phi) is 5.24. The van der Waals surface area contributed by atoms with E-state index in [0.717, 1.165) is 18.4 Å². The second-order valence-corrected chi connectivity index (χ2v) is 6.11. The molecule has 112 valence electrons. The van der Waals surface area contributed by atoms with Crippen LogP contribution in [0.5, 0.6) is 0 Å². The van der Waals surface area contributed by atoms with Gasteiger partial charge in [-0.25, -0.2) is 4.79 Å². The fourth-order valence-electron chi connectivity index (χ4n) is 3.13. The van der Waals surface area contributed by atoms with Crippen LogP contribution in [0.4, 0.5) is 0 Å². The third kappa shape index (κ3) is 4.10. The van der Waals surface area contributed by atoms with Crippen molar-refractivity contribution in [2.24, 2.45) is 11.8 Å². The standard InChI is InChI=1S/C16H25NO3/c1-11-4-3-5-13(10-11)8-9-17-12(2)14-6-7-15(20-14)16(18)19/h6-7,11-13,17H,3-5,8-10H2,1-2H3,(H,18,19). The lowest BCUT2D eigenvalue weighted by Gasteiger charge is -2.27. The molecule has 0 amide bonds. The Hall–Kier alpha value is -1.29. The minimum atomic E-state index is -1.01. The molecule has 0 radical (unpaired) electrons. The summed E-state index contributed by atoms with van der Waals surface area (Å²) >= 11 is 0. The number of carbonyl (C=O) groups is 1. The van der Waals surface area contributed by atoms with Gasteiger partial charge in [-0.2, -0.15) is 0 Å². The summed E-state index contributed by atoms with van der Waals surface area (Å²) in [6.07, 6.45) is 6.64. The van der Waals surface area contributed by atoms with Gasteiger partial charge < -0.3 is 14.8 Å². The molecule has 1 fully saturated rings. The van der Waals surface area contributed by atoms with Crippen LogP contribution in [0.15, 0.2) is 16.5 Å². The van der Waals surface area contributed by atoms with Crippen molar-refractivity contribution in [1.82, 2.24) is 5.32 Å². The summed E-state index contributed by atoms with van der Waals surface area (Å²) < 4.78 is 5.30. The summed E-state index contributed by atoms with van der Waals surface area (Å²) in [5.74, 6) is 1.40. The van der Waals surface area contributed by atoms with E-state index in [9.17, 15) is 4.79 Å². The van der Waals surface area contributed by atoms with E-state index in [1.807, 2.05) is 6.92 Å². The molecule has 2 N–H and O–H groups in total. The van der Waals surface area contributed by atoms with Gasteiger partial charge >= 0.3 is 5.97 Å². The van der Waals surface area contributed by atoms with E-state index < -0.39 is 5.97 Å². The Balaban J connectivity index is 1.74. The molecule has 0 spiro atoms. The highest BCUT2D eigenvalue weighted by Crippen LogP contribution is 2.30. The molecule has 1 saturated carbocycles. The molecule has 1 heterocycles. The van der Waals surface area contributed by atoms with Crippen LogP contribution in [0, 0.1) is 11.8 Å². The Labute approximate surface area is 120 Å². The summed E-state index contributed by atoms with van der Waals surface area (Å²) in [6.45, 7) is 5.31. The second kappa shape index (κ2) is 6.93. The van der Waals surface area contributed by atoms with Gasteiger partial charge in [-0.05, 0) is 50.3 Å². The van der Waals surface area contributed by atoms with Crippen molar-refractivity contribution in [1.29, 1.82) is 0 Å². The van der Waals surface area contributed by atoms with Gasteiger partial charge in [0.05, 0.1) is 6.04 Å². The summed E-state index contributed by atoms with van der Waals surface area (Å²) in [5, 5.41) is 12.3. The van der Waals surface area contributed by atoms with Crippen molar-refractivity contribution in [3.63, 3.8) is 0 Å². The number of rotatable bonds is 6. The molecular formula is C16H25NO3. The molecular weight excluding hydrogens is 254 g/mol. The molecule has 3 atom stereocenters. The monoisotopic (exact) mass is 279 g/mol. The van der Waals surface area contributed by atoms with Crippen LogP contribution in [0.2, 0.25) is 0 Å². The molecule has 0 aromatic carbocycles. The van der Waals surface area contributed by atoms with Gasteiger partial charge in [0.25, 0.3) is 0 Å². The first kappa shape index (κ1) is 15.1. The number of furan rings is 1. The summed E-state index contributed by atoms with van der Waals surface area (Å²) in [6, 6.07) is 3.31. The van der Waals surface area contributed by atoms with Gasteiger partial charge in [0, 0.05) is 0 Å². The number of nitrogens with one attached hydrogen (secondary N) is 1.